The highest BCUT2D eigenvalue weighted by Gasteiger charge is 2.07. The smallest absolute Gasteiger partial charge is 0.131 e. The topological polar surface area (TPSA) is 90.1 Å². The van der Waals surface area contributed by atoms with Crippen molar-refractivity contribution >= 4 is 5.82 Å². The third-order valence-electron chi connectivity index (χ3n) is 2.18. The van der Waals surface area contributed by atoms with Crippen molar-refractivity contribution in [3.05, 3.63) is 36.0 Å². The number of hydrogen-bond acceptors (Lipinski definition) is 4. The lowest BCUT2D eigenvalue weighted by Crippen LogP contribution is -2.04. The summed E-state index contributed by atoms with van der Waals surface area (Å²) in [6.07, 6.45) is 1.62. The average molecular weight is 204 g/mol. The molecule has 1 aromatic carbocycles. The molecular formula is C10H12N4O. The van der Waals surface area contributed by atoms with Gasteiger partial charge in [0, 0.05) is 18.2 Å². The Labute approximate surface area is 86.9 Å². The number of nitrogens with zero attached hydrogens (tertiary/aromatic N) is 2. The number of nitrogen functional groups attached to an aromatic ring is 1. The van der Waals surface area contributed by atoms with Crippen molar-refractivity contribution < 1.29 is 5.11 Å². The van der Waals surface area contributed by atoms with Crippen molar-refractivity contribution in [3.8, 4) is 11.4 Å². The van der Waals surface area contributed by atoms with Crippen molar-refractivity contribution in [2.24, 2.45) is 5.73 Å². The van der Waals surface area contributed by atoms with E-state index in [2.05, 4.69) is 5.10 Å². The second kappa shape index (κ2) is 3.62. The Balaban J connectivity index is 2.49. The Bertz CT molecular complexity index is 478. The first-order valence-corrected chi connectivity index (χ1v) is 4.54. The molecule has 2 rings (SSSR count). The Hall–Kier alpha value is -2.01. The molecule has 0 amide bonds. The molecule has 0 saturated carbocycles. The zero-order chi connectivity index (χ0) is 10.8. The van der Waals surface area contributed by atoms with Crippen molar-refractivity contribution in [2.75, 3.05) is 5.73 Å². The maximum Gasteiger partial charge on any atom is 0.131 e. The predicted octanol–water partition coefficient (Wildman–Crippen LogP) is 0.619. The van der Waals surface area contributed by atoms with E-state index in [-0.39, 0.29) is 5.75 Å². The number of nitrogens with two attached hydrogens (primary N) is 2. The van der Waals surface area contributed by atoms with Gasteiger partial charge in [-0.2, -0.15) is 5.10 Å². The minimum Gasteiger partial charge on any atom is -0.508 e. The Morgan fingerprint density at radius 2 is 2.20 bits per heavy atom. The van der Waals surface area contributed by atoms with E-state index in [1.807, 2.05) is 6.07 Å². The summed E-state index contributed by atoms with van der Waals surface area (Å²) >= 11 is 0. The second-order valence-electron chi connectivity index (χ2n) is 3.19. The molecule has 0 aliphatic heterocycles. The van der Waals surface area contributed by atoms with E-state index >= 15 is 0 Å². The van der Waals surface area contributed by atoms with Crippen molar-refractivity contribution in [3.63, 3.8) is 0 Å². The lowest BCUT2D eigenvalue weighted by Gasteiger charge is -2.04. The molecule has 15 heavy (non-hydrogen) atoms. The van der Waals surface area contributed by atoms with Gasteiger partial charge < -0.3 is 16.6 Å². The van der Waals surface area contributed by atoms with Gasteiger partial charge in [-0.25, -0.2) is 4.68 Å². The molecule has 5 nitrogen and oxygen atoms in total. The van der Waals surface area contributed by atoms with E-state index < -0.39 is 0 Å². The number of phenols is 1. The standard InChI is InChI=1S/C10H12N4O/c11-5-7-6-13-14(10(7)12)8-2-1-3-9(15)4-8/h1-4,6,15H,5,11-12H2. The summed E-state index contributed by atoms with van der Waals surface area (Å²) in [5.41, 5.74) is 12.8. The fourth-order valence-corrected chi connectivity index (χ4v) is 1.38. The Kier molecular flexibility index (Phi) is 2.31. The van der Waals surface area contributed by atoms with Crippen LogP contribution >= 0.6 is 0 Å². The van der Waals surface area contributed by atoms with Gasteiger partial charge in [-0.1, -0.05) is 6.07 Å². The van der Waals surface area contributed by atoms with Gasteiger partial charge in [-0.15, -0.1) is 0 Å². The molecular weight excluding hydrogens is 192 g/mol. The van der Waals surface area contributed by atoms with E-state index in [4.69, 9.17) is 11.5 Å². The molecule has 0 saturated heterocycles. The maximum absolute atomic E-state index is 9.32. The van der Waals surface area contributed by atoms with Gasteiger partial charge in [-0.3, -0.25) is 0 Å². The highest BCUT2D eigenvalue weighted by Crippen LogP contribution is 2.19. The van der Waals surface area contributed by atoms with Crippen LogP contribution in [0, 0.1) is 0 Å². The third kappa shape index (κ3) is 1.64. The summed E-state index contributed by atoms with van der Waals surface area (Å²) in [4.78, 5) is 0. The molecule has 0 atom stereocenters. The van der Waals surface area contributed by atoms with Gasteiger partial charge in [0.2, 0.25) is 0 Å². The van der Waals surface area contributed by atoms with Crippen LogP contribution in [0.1, 0.15) is 5.56 Å². The fraction of sp³-hybridized carbons (Fsp3) is 0.100. The van der Waals surface area contributed by atoms with Gasteiger partial charge in [-0.05, 0) is 12.1 Å². The van der Waals surface area contributed by atoms with Crippen LogP contribution in [0.4, 0.5) is 5.82 Å². The predicted molar refractivity (Wildman–Crippen MR) is 57.5 cm³/mol. The molecule has 0 unspecified atom stereocenters. The van der Waals surface area contributed by atoms with Gasteiger partial charge >= 0.3 is 0 Å². The number of aromatic hydroxyl groups is 1. The average Bonchev–Trinajstić information content (AvgIpc) is 2.59. The van der Waals surface area contributed by atoms with E-state index in [0.717, 1.165) is 5.56 Å². The van der Waals surface area contributed by atoms with Crippen LogP contribution in [0.2, 0.25) is 0 Å². The zero-order valence-electron chi connectivity index (χ0n) is 8.09. The van der Waals surface area contributed by atoms with Crippen molar-refractivity contribution in [1.29, 1.82) is 0 Å². The lowest BCUT2D eigenvalue weighted by atomic mass is 10.3. The maximum atomic E-state index is 9.32. The van der Waals surface area contributed by atoms with Gasteiger partial charge in [0.15, 0.2) is 0 Å². The molecule has 0 spiro atoms. The van der Waals surface area contributed by atoms with Crippen LogP contribution in [0.3, 0.4) is 0 Å². The number of anilines is 1. The summed E-state index contributed by atoms with van der Waals surface area (Å²) < 4.78 is 1.54. The Morgan fingerprint density at radius 3 is 2.80 bits per heavy atom. The molecule has 5 N–H and O–H groups in total. The number of aromatic nitrogens is 2. The molecule has 0 radical (unpaired) electrons. The highest BCUT2D eigenvalue weighted by atomic mass is 16.3. The van der Waals surface area contributed by atoms with E-state index in [1.165, 1.54) is 0 Å². The normalized spacial score (nSPS) is 10.5. The first-order valence-electron chi connectivity index (χ1n) is 4.54. The first-order chi connectivity index (χ1) is 7.22. The molecule has 1 aromatic heterocycles. The van der Waals surface area contributed by atoms with Crippen molar-refractivity contribution in [2.45, 2.75) is 6.54 Å². The minimum atomic E-state index is 0.177. The summed E-state index contributed by atoms with van der Waals surface area (Å²) in [6.45, 7) is 0.352. The first kappa shape index (κ1) is 9.54. The van der Waals surface area contributed by atoms with E-state index in [0.29, 0.717) is 18.1 Å². The molecule has 0 aliphatic carbocycles. The summed E-state index contributed by atoms with van der Waals surface area (Å²) in [5.74, 6) is 0.680. The molecule has 78 valence electrons. The molecule has 0 fully saturated rings. The molecule has 0 bridgehead atoms. The largest absolute Gasteiger partial charge is 0.508 e. The van der Waals surface area contributed by atoms with E-state index in [9.17, 15) is 5.11 Å². The molecule has 5 heteroatoms. The monoisotopic (exact) mass is 204 g/mol. The highest BCUT2D eigenvalue weighted by molar-refractivity contribution is 5.48. The van der Waals surface area contributed by atoms with Gasteiger partial charge in [0.05, 0.1) is 11.9 Å². The van der Waals surface area contributed by atoms with E-state index in [1.54, 1.807) is 29.1 Å². The van der Waals surface area contributed by atoms with Crippen LogP contribution in [-0.2, 0) is 6.54 Å². The number of hydrogen-bond donors (Lipinski definition) is 3. The minimum absolute atomic E-state index is 0.177. The second-order valence-corrected chi connectivity index (χ2v) is 3.19. The molecule has 2 aromatic rings. The molecule has 0 aliphatic rings. The quantitative estimate of drug-likeness (QED) is 0.668. The summed E-state index contributed by atoms with van der Waals surface area (Å²) in [5, 5.41) is 13.4. The van der Waals surface area contributed by atoms with Gasteiger partial charge in [0.25, 0.3) is 0 Å². The summed E-state index contributed by atoms with van der Waals surface area (Å²) in [6, 6.07) is 6.72. The Morgan fingerprint density at radius 1 is 1.40 bits per heavy atom. The van der Waals surface area contributed by atoms with Crippen molar-refractivity contribution in [1.82, 2.24) is 9.78 Å². The van der Waals surface area contributed by atoms with Crippen LogP contribution in [0.5, 0.6) is 5.75 Å². The fourth-order valence-electron chi connectivity index (χ4n) is 1.38. The van der Waals surface area contributed by atoms with Crippen LogP contribution < -0.4 is 11.5 Å². The molecule has 1 heterocycles. The SMILES string of the molecule is NCc1cnn(-c2cccc(O)c2)c1N. The summed E-state index contributed by atoms with van der Waals surface area (Å²) in [7, 11) is 0. The lowest BCUT2D eigenvalue weighted by molar-refractivity contribution is 0.475. The van der Waals surface area contributed by atoms with Crippen LogP contribution in [-0.4, -0.2) is 14.9 Å². The number of benzene rings is 1. The number of rotatable bonds is 2. The zero-order valence-corrected chi connectivity index (χ0v) is 8.09. The number of phenolic OH excluding ortho intramolecular Hbond substituents is 1. The third-order valence-corrected chi connectivity index (χ3v) is 2.18. The van der Waals surface area contributed by atoms with Crippen LogP contribution in [0.25, 0.3) is 5.69 Å². The van der Waals surface area contributed by atoms with Crippen LogP contribution in [0.15, 0.2) is 30.5 Å². The van der Waals surface area contributed by atoms with Gasteiger partial charge in [0.1, 0.15) is 11.6 Å².